The van der Waals surface area contributed by atoms with Gasteiger partial charge >= 0.3 is 5.97 Å². The van der Waals surface area contributed by atoms with Gasteiger partial charge in [-0.15, -0.1) is 0 Å². The number of H-pyrrole nitrogens is 1. The average Bonchev–Trinajstić information content (AvgIpc) is 3.23. The van der Waals surface area contributed by atoms with Crippen LogP contribution in [-0.2, 0) is 16.0 Å². The highest BCUT2D eigenvalue weighted by atomic mass is 35.5. The molecule has 2 atom stereocenters. The SMILES string of the molecule is COCCOc1ccc(C2c3[nH]c4ccc(Cl)cc4c3CCC2C(=O)Oc2ccc(F)cc2)cc1. The number of aromatic nitrogens is 1. The molecule has 2 unspecified atom stereocenters. The summed E-state index contributed by atoms with van der Waals surface area (Å²) in [6.45, 7) is 0.960. The van der Waals surface area contributed by atoms with Crippen LogP contribution in [0.25, 0.3) is 10.9 Å². The van der Waals surface area contributed by atoms with E-state index in [0.29, 0.717) is 36.8 Å². The van der Waals surface area contributed by atoms with Gasteiger partial charge in [-0.3, -0.25) is 4.79 Å². The Hall–Kier alpha value is -3.35. The number of hydrogen-bond acceptors (Lipinski definition) is 4. The zero-order valence-electron chi connectivity index (χ0n) is 19.2. The van der Waals surface area contributed by atoms with Gasteiger partial charge in [0.15, 0.2) is 0 Å². The van der Waals surface area contributed by atoms with Crippen molar-refractivity contribution in [2.24, 2.45) is 5.92 Å². The highest BCUT2D eigenvalue weighted by molar-refractivity contribution is 6.31. The number of carbonyl (C=O) groups excluding carboxylic acids is 1. The third-order valence-electron chi connectivity index (χ3n) is 6.45. The molecular formula is C28H25ClFNO4. The molecule has 1 aromatic heterocycles. The van der Waals surface area contributed by atoms with Crippen molar-refractivity contribution in [3.63, 3.8) is 0 Å². The summed E-state index contributed by atoms with van der Waals surface area (Å²) >= 11 is 6.28. The number of benzene rings is 3. The van der Waals surface area contributed by atoms with Gasteiger partial charge in [0.1, 0.15) is 23.9 Å². The largest absolute Gasteiger partial charge is 0.491 e. The molecule has 0 saturated carbocycles. The van der Waals surface area contributed by atoms with Gasteiger partial charge in [-0.1, -0.05) is 23.7 Å². The molecular weight excluding hydrogens is 469 g/mol. The molecule has 1 aliphatic rings. The molecule has 0 amide bonds. The van der Waals surface area contributed by atoms with E-state index in [1.807, 2.05) is 42.5 Å². The number of ether oxygens (including phenoxy) is 3. The van der Waals surface area contributed by atoms with Gasteiger partial charge in [-0.2, -0.15) is 0 Å². The van der Waals surface area contributed by atoms with Crippen molar-refractivity contribution in [1.82, 2.24) is 4.98 Å². The highest BCUT2D eigenvalue weighted by Crippen LogP contribution is 2.44. The lowest BCUT2D eigenvalue weighted by molar-refractivity contribution is -0.139. The molecule has 0 spiro atoms. The van der Waals surface area contributed by atoms with E-state index in [4.69, 9.17) is 25.8 Å². The molecule has 35 heavy (non-hydrogen) atoms. The van der Waals surface area contributed by atoms with Crippen LogP contribution in [-0.4, -0.2) is 31.3 Å². The number of nitrogens with one attached hydrogen (secondary N) is 1. The molecule has 5 rings (SSSR count). The summed E-state index contributed by atoms with van der Waals surface area (Å²) in [5.41, 5.74) is 4.11. The topological polar surface area (TPSA) is 60.5 Å². The lowest BCUT2D eigenvalue weighted by Gasteiger charge is -2.31. The number of aryl methyl sites for hydroxylation is 1. The van der Waals surface area contributed by atoms with Crippen molar-refractivity contribution in [2.75, 3.05) is 20.3 Å². The highest BCUT2D eigenvalue weighted by Gasteiger charge is 2.39. The molecule has 0 bridgehead atoms. The van der Waals surface area contributed by atoms with Crippen molar-refractivity contribution in [1.29, 1.82) is 0 Å². The Labute approximate surface area is 207 Å². The van der Waals surface area contributed by atoms with Gasteiger partial charge in [0.25, 0.3) is 0 Å². The van der Waals surface area contributed by atoms with E-state index < -0.39 is 5.92 Å². The fraction of sp³-hybridized carbons (Fsp3) is 0.250. The quantitative estimate of drug-likeness (QED) is 0.187. The van der Waals surface area contributed by atoms with Crippen molar-refractivity contribution in [3.05, 3.63) is 94.4 Å². The van der Waals surface area contributed by atoms with Gasteiger partial charge in [0.2, 0.25) is 0 Å². The molecule has 0 radical (unpaired) electrons. The fourth-order valence-corrected chi connectivity index (χ4v) is 4.98. The van der Waals surface area contributed by atoms with Gasteiger partial charge in [-0.05, 0) is 78.6 Å². The molecule has 3 aromatic carbocycles. The first-order valence-corrected chi connectivity index (χ1v) is 11.9. The van der Waals surface area contributed by atoms with Crippen LogP contribution in [0, 0.1) is 11.7 Å². The Bertz CT molecular complexity index is 1330. The van der Waals surface area contributed by atoms with Crippen LogP contribution in [0.4, 0.5) is 4.39 Å². The normalized spacial score (nSPS) is 17.2. The predicted molar refractivity (Wildman–Crippen MR) is 133 cm³/mol. The first-order chi connectivity index (χ1) is 17.0. The van der Waals surface area contributed by atoms with E-state index in [1.54, 1.807) is 7.11 Å². The number of aromatic amines is 1. The zero-order chi connectivity index (χ0) is 24.4. The van der Waals surface area contributed by atoms with Gasteiger partial charge < -0.3 is 19.2 Å². The summed E-state index contributed by atoms with van der Waals surface area (Å²) < 4.78 is 29.8. The minimum absolute atomic E-state index is 0.245. The van der Waals surface area contributed by atoms with Crippen LogP contribution in [0.3, 0.4) is 0 Å². The second-order valence-electron chi connectivity index (χ2n) is 8.62. The zero-order valence-corrected chi connectivity index (χ0v) is 20.0. The van der Waals surface area contributed by atoms with E-state index >= 15 is 0 Å². The maximum atomic E-state index is 13.4. The van der Waals surface area contributed by atoms with Crippen LogP contribution in [0.2, 0.25) is 5.02 Å². The Balaban J connectivity index is 1.51. The molecule has 7 heteroatoms. The number of fused-ring (bicyclic) bond motifs is 3. The van der Waals surface area contributed by atoms with Crippen LogP contribution >= 0.6 is 11.6 Å². The lowest BCUT2D eigenvalue weighted by atomic mass is 9.74. The fourth-order valence-electron chi connectivity index (χ4n) is 4.80. The maximum absolute atomic E-state index is 13.4. The molecule has 1 heterocycles. The molecule has 4 aromatic rings. The molecule has 180 valence electrons. The number of carbonyl (C=O) groups is 1. The Kier molecular flexibility index (Phi) is 6.75. The second-order valence-corrected chi connectivity index (χ2v) is 9.05. The molecule has 0 aliphatic heterocycles. The average molecular weight is 494 g/mol. The standard InChI is InChI=1S/C28H25ClFNO4/c1-33-14-15-34-20-7-2-17(3-8-20)26-23(28(32)35-21-9-5-19(30)6-10-21)12-11-22-24-16-18(29)4-13-25(24)31-27(22)26/h2-10,13,16,23,26,31H,11-12,14-15H2,1H3. The van der Waals surface area contributed by atoms with Crippen molar-refractivity contribution >= 4 is 28.5 Å². The Morgan fingerprint density at radius 2 is 1.77 bits per heavy atom. The third kappa shape index (κ3) is 4.90. The summed E-state index contributed by atoms with van der Waals surface area (Å²) in [6, 6.07) is 19.1. The van der Waals surface area contributed by atoms with Crippen molar-refractivity contribution in [3.8, 4) is 11.5 Å². The molecule has 1 aliphatic carbocycles. The third-order valence-corrected chi connectivity index (χ3v) is 6.69. The van der Waals surface area contributed by atoms with Gasteiger partial charge in [-0.25, -0.2) is 4.39 Å². The first-order valence-electron chi connectivity index (χ1n) is 11.5. The number of hydrogen-bond donors (Lipinski definition) is 1. The minimum atomic E-state index is -0.420. The van der Waals surface area contributed by atoms with Crippen LogP contribution in [0.5, 0.6) is 11.5 Å². The maximum Gasteiger partial charge on any atom is 0.315 e. The minimum Gasteiger partial charge on any atom is -0.491 e. The van der Waals surface area contributed by atoms with Crippen LogP contribution < -0.4 is 9.47 Å². The predicted octanol–water partition coefficient (Wildman–Crippen LogP) is 6.29. The van der Waals surface area contributed by atoms with Crippen molar-refractivity contribution in [2.45, 2.75) is 18.8 Å². The summed E-state index contributed by atoms with van der Waals surface area (Å²) in [5.74, 6) is -0.330. The summed E-state index contributed by atoms with van der Waals surface area (Å²) in [5, 5.41) is 1.74. The second kappa shape index (κ2) is 10.1. The van der Waals surface area contributed by atoms with E-state index in [1.165, 1.54) is 29.8 Å². The van der Waals surface area contributed by atoms with E-state index in [9.17, 15) is 9.18 Å². The summed E-state index contributed by atoms with van der Waals surface area (Å²) in [4.78, 5) is 16.9. The number of esters is 1. The Morgan fingerprint density at radius 3 is 2.51 bits per heavy atom. The van der Waals surface area contributed by atoms with E-state index in [-0.39, 0.29) is 17.7 Å². The smallest absolute Gasteiger partial charge is 0.315 e. The van der Waals surface area contributed by atoms with Gasteiger partial charge in [0, 0.05) is 34.6 Å². The number of methoxy groups -OCH3 is 1. The molecule has 1 N–H and O–H groups in total. The van der Waals surface area contributed by atoms with Crippen molar-refractivity contribution < 1.29 is 23.4 Å². The monoisotopic (exact) mass is 493 g/mol. The Morgan fingerprint density at radius 1 is 1.03 bits per heavy atom. The van der Waals surface area contributed by atoms with Crippen LogP contribution in [0.15, 0.2) is 66.7 Å². The summed E-state index contributed by atoms with van der Waals surface area (Å²) in [6.07, 6.45) is 1.33. The number of rotatable bonds is 7. The van der Waals surface area contributed by atoms with Gasteiger partial charge in [0.05, 0.1) is 12.5 Å². The molecule has 0 saturated heterocycles. The molecule has 0 fully saturated rings. The lowest BCUT2D eigenvalue weighted by Crippen LogP contribution is -2.31. The number of halogens is 2. The first kappa shape index (κ1) is 23.4. The molecule has 5 nitrogen and oxygen atoms in total. The van der Waals surface area contributed by atoms with E-state index in [0.717, 1.165) is 27.9 Å². The summed E-state index contributed by atoms with van der Waals surface area (Å²) in [7, 11) is 1.63. The van der Waals surface area contributed by atoms with E-state index in [2.05, 4.69) is 4.98 Å². The van der Waals surface area contributed by atoms with Crippen LogP contribution in [0.1, 0.15) is 29.2 Å².